The number of nitrogens with zero attached hydrogens (tertiary/aromatic N) is 1. The summed E-state index contributed by atoms with van der Waals surface area (Å²) in [5, 5.41) is 2.50. The zero-order chi connectivity index (χ0) is 14.4. The summed E-state index contributed by atoms with van der Waals surface area (Å²) in [5.74, 6) is -1.09. The molecule has 0 aromatic heterocycles. The molecule has 0 aromatic rings. The molecule has 1 atom stereocenters. The number of carbonyl (C=O) groups is 3. The zero-order valence-electron chi connectivity index (χ0n) is 11.8. The van der Waals surface area contributed by atoms with E-state index in [1.807, 2.05) is 13.8 Å². The van der Waals surface area contributed by atoms with Gasteiger partial charge in [-0.2, -0.15) is 0 Å². The quantitative estimate of drug-likeness (QED) is 0.705. The number of nitrogens with one attached hydrogen (secondary N) is 1. The zero-order valence-corrected chi connectivity index (χ0v) is 11.8. The van der Waals surface area contributed by atoms with E-state index in [1.165, 1.54) is 7.11 Å². The van der Waals surface area contributed by atoms with Gasteiger partial charge >= 0.3 is 5.97 Å². The first-order chi connectivity index (χ1) is 9.03. The van der Waals surface area contributed by atoms with E-state index in [9.17, 15) is 14.4 Å². The van der Waals surface area contributed by atoms with Gasteiger partial charge in [0, 0.05) is 19.0 Å². The van der Waals surface area contributed by atoms with Crippen LogP contribution in [0.4, 0.5) is 0 Å². The maximum atomic E-state index is 11.9. The number of esters is 1. The first kappa shape index (κ1) is 15.5. The van der Waals surface area contributed by atoms with Crippen molar-refractivity contribution in [1.29, 1.82) is 0 Å². The fraction of sp³-hybridized carbons (Fsp3) is 0.769. The van der Waals surface area contributed by atoms with E-state index < -0.39 is 5.97 Å². The summed E-state index contributed by atoms with van der Waals surface area (Å²) in [6, 6.07) is 0.200. The highest BCUT2D eigenvalue weighted by atomic mass is 16.5. The number of likely N-dealkylation sites (tertiary alicyclic amines) is 1. The van der Waals surface area contributed by atoms with E-state index in [2.05, 4.69) is 10.1 Å². The molecule has 0 aromatic carbocycles. The Morgan fingerprint density at radius 3 is 2.58 bits per heavy atom. The van der Waals surface area contributed by atoms with Crippen LogP contribution in [-0.2, 0) is 19.1 Å². The van der Waals surface area contributed by atoms with Gasteiger partial charge in [-0.25, -0.2) is 0 Å². The summed E-state index contributed by atoms with van der Waals surface area (Å²) >= 11 is 0. The molecule has 0 bridgehead atoms. The van der Waals surface area contributed by atoms with Crippen molar-refractivity contribution in [3.63, 3.8) is 0 Å². The van der Waals surface area contributed by atoms with Gasteiger partial charge in [0.25, 0.3) is 0 Å². The molecule has 0 unspecified atom stereocenters. The van der Waals surface area contributed by atoms with Gasteiger partial charge < -0.3 is 15.0 Å². The van der Waals surface area contributed by atoms with Crippen molar-refractivity contribution < 1.29 is 19.1 Å². The molecule has 1 saturated heterocycles. The van der Waals surface area contributed by atoms with Crippen LogP contribution in [0.5, 0.6) is 0 Å². The fourth-order valence-corrected chi connectivity index (χ4v) is 2.37. The third-order valence-corrected chi connectivity index (χ3v) is 3.55. The predicted octanol–water partition coefficient (Wildman–Crippen LogP) is 0.313. The van der Waals surface area contributed by atoms with Crippen molar-refractivity contribution in [2.45, 2.75) is 39.2 Å². The van der Waals surface area contributed by atoms with Crippen molar-refractivity contribution in [3.8, 4) is 0 Å². The summed E-state index contributed by atoms with van der Waals surface area (Å²) < 4.78 is 4.45. The minimum atomic E-state index is -0.491. The second-order valence-electron chi connectivity index (χ2n) is 4.71. The summed E-state index contributed by atoms with van der Waals surface area (Å²) in [4.78, 5) is 36.5. The second kappa shape index (κ2) is 7.11. The molecule has 1 heterocycles. The molecule has 0 aliphatic carbocycles. The van der Waals surface area contributed by atoms with Crippen LogP contribution in [0.1, 0.15) is 33.1 Å². The molecule has 1 rings (SSSR count). The van der Waals surface area contributed by atoms with Gasteiger partial charge in [-0.05, 0) is 12.8 Å². The maximum absolute atomic E-state index is 11.9. The Morgan fingerprint density at radius 1 is 1.42 bits per heavy atom. The minimum absolute atomic E-state index is 0.0203. The Balaban J connectivity index is 2.51. The smallest absolute Gasteiger partial charge is 0.325 e. The second-order valence-corrected chi connectivity index (χ2v) is 4.71. The average molecular weight is 270 g/mol. The van der Waals surface area contributed by atoms with Crippen molar-refractivity contribution in [2.24, 2.45) is 5.92 Å². The molecule has 1 aliphatic heterocycles. The van der Waals surface area contributed by atoms with Crippen molar-refractivity contribution in [1.82, 2.24) is 10.2 Å². The molecule has 108 valence electrons. The molecule has 6 heteroatoms. The van der Waals surface area contributed by atoms with E-state index in [0.717, 1.165) is 12.8 Å². The Kier molecular flexibility index (Phi) is 5.79. The third kappa shape index (κ3) is 3.94. The largest absolute Gasteiger partial charge is 0.468 e. The summed E-state index contributed by atoms with van der Waals surface area (Å²) in [7, 11) is 1.27. The number of carbonyl (C=O) groups excluding carboxylic acids is 3. The van der Waals surface area contributed by atoms with Crippen LogP contribution in [0.15, 0.2) is 0 Å². The number of amides is 2. The third-order valence-electron chi connectivity index (χ3n) is 3.55. The number of ether oxygens (including phenoxy) is 1. The molecular formula is C13H22N2O4. The lowest BCUT2D eigenvalue weighted by Crippen LogP contribution is -2.39. The molecule has 1 N–H and O–H groups in total. The first-order valence-corrected chi connectivity index (χ1v) is 6.67. The Hall–Kier alpha value is -1.59. The molecule has 1 fully saturated rings. The SMILES string of the molecule is CCC(CC)N1C[C@H](C(=O)NCC(=O)OC)CC1=O. The number of rotatable bonds is 6. The molecule has 6 nitrogen and oxygen atoms in total. The van der Waals surface area contributed by atoms with Gasteiger partial charge in [-0.3, -0.25) is 14.4 Å². The Labute approximate surface area is 113 Å². The predicted molar refractivity (Wildman–Crippen MR) is 69.2 cm³/mol. The van der Waals surface area contributed by atoms with Crippen molar-refractivity contribution >= 4 is 17.8 Å². The Bertz CT molecular complexity index is 353. The average Bonchev–Trinajstić information content (AvgIpc) is 2.79. The lowest BCUT2D eigenvalue weighted by Gasteiger charge is -2.26. The van der Waals surface area contributed by atoms with Crippen LogP contribution in [-0.4, -0.2) is 48.9 Å². The van der Waals surface area contributed by atoms with E-state index in [0.29, 0.717) is 6.54 Å². The summed E-state index contributed by atoms with van der Waals surface area (Å²) in [5.41, 5.74) is 0. The maximum Gasteiger partial charge on any atom is 0.325 e. The fourth-order valence-electron chi connectivity index (χ4n) is 2.37. The lowest BCUT2D eigenvalue weighted by atomic mass is 10.1. The number of hydrogen-bond donors (Lipinski definition) is 1. The number of methoxy groups -OCH3 is 1. The van der Waals surface area contributed by atoms with Gasteiger partial charge in [-0.15, -0.1) is 0 Å². The molecule has 0 radical (unpaired) electrons. The van der Waals surface area contributed by atoms with Gasteiger partial charge in [-0.1, -0.05) is 13.8 Å². The highest BCUT2D eigenvalue weighted by Gasteiger charge is 2.36. The van der Waals surface area contributed by atoms with Crippen LogP contribution in [0.3, 0.4) is 0 Å². The van der Waals surface area contributed by atoms with E-state index >= 15 is 0 Å². The van der Waals surface area contributed by atoms with Gasteiger partial charge in [0.2, 0.25) is 11.8 Å². The van der Waals surface area contributed by atoms with Crippen LogP contribution >= 0.6 is 0 Å². The van der Waals surface area contributed by atoms with E-state index in [-0.39, 0.29) is 36.7 Å². The molecule has 1 aliphatic rings. The highest BCUT2D eigenvalue weighted by Crippen LogP contribution is 2.23. The summed E-state index contributed by atoms with van der Waals surface area (Å²) in [6.07, 6.45) is 2.00. The van der Waals surface area contributed by atoms with Gasteiger partial charge in [0.05, 0.1) is 13.0 Å². The topological polar surface area (TPSA) is 75.7 Å². The van der Waals surface area contributed by atoms with Crippen LogP contribution in [0.25, 0.3) is 0 Å². The van der Waals surface area contributed by atoms with E-state index in [4.69, 9.17) is 0 Å². The molecular weight excluding hydrogens is 248 g/mol. The molecule has 0 spiro atoms. The number of hydrogen-bond acceptors (Lipinski definition) is 4. The van der Waals surface area contributed by atoms with Gasteiger partial charge in [0.1, 0.15) is 6.54 Å². The highest BCUT2D eigenvalue weighted by molar-refractivity contribution is 5.90. The van der Waals surface area contributed by atoms with Crippen LogP contribution in [0, 0.1) is 5.92 Å². The van der Waals surface area contributed by atoms with Crippen molar-refractivity contribution in [2.75, 3.05) is 20.2 Å². The minimum Gasteiger partial charge on any atom is -0.468 e. The Morgan fingerprint density at radius 2 is 2.05 bits per heavy atom. The molecule has 2 amide bonds. The van der Waals surface area contributed by atoms with Crippen molar-refractivity contribution in [3.05, 3.63) is 0 Å². The van der Waals surface area contributed by atoms with Gasteiger partial charge in [0.15, 0.2) is 0 Å². The summed E-state index contributed by atoms with van der Waals surface area (Å²) in [6.45, 7) is 4.36. The molecule has 0 saturated carbocycles. The van der Waals surface area contributed by atoms with E-state index in [1.54, 1.807) is 4.90 Å². The van der Waals surface area contributed by atoms with Crippen LogP contribution < -0.4 is 5.32 Å². The lowest BCUT2D eigenvalue weighted by molar-refractivity contribution is -0.141. The monoisotopic (exact) mass is 270 g/mol. The van der Waals surface area contributed by atoms with Crippen LogP contribution in [0.2, 0.25) is 0 Å². The standard InChI is InChI=1S/C13H22N2O4/c1-4-10(5-2)15-8-9(6-11(15)16)13(18)14-7-12(17)19-3/h9-10H,4-8H2,1-3H3,(H,14,18)/t9-/m1/s1. The molecule has 19 heavy (non-hydrogen) atoms. The first-order valence-electron chi connectivity index (χ1n) is 6.67. The normalized spacial score (nSPS) is 18.8.